The minimum absolute atomic E-state index is 0.124. The predicted octanol–water partition coefficient (Wildman–Crippen LogP) is 12.1. The zero-order chi connectivity index (χ0) is 49.7. The molecule has 1 aliphatic heterocycles. The van der Waals surface area contributed by atoms with Gasteiger partial charge < -0.3 is 45.1 Å². The van der Waals surface area contributed by atoms with Crippen LogP contribution in [0.1, 0.15) is 239 Å². The van der Waals surface area contributed by atoms with Gasteiger partial charge in [-0.25, -0.2) is 0 Å². The van der Waals surface area contributed by atoms with Crippen molar-refractivity contribution in [1.82, 2.24) is 5.32 Å². The molecule has 0 saturated carbocycles. The number of unbranched alkanes of at least 4 members (excludes halogenated alkanes) is 28. The summed E-state index contributed by atoms with van der Waals surface area (Å²) >= 11 is 0. The van der Waals surface area contributed by atoms with Gasteiger partial charge in [-0.3, -0.25) is 9.59 Å². The van der Waals surface area contributed by atoms with Crippen molar-refractivity contribution in [2.24, 2.45) is 0 Å². The molecule has 0 aromatic carbocycles. The highest BCUT2D eigenvalue weighted by Gasteiger charge is 2.47. The maximum Gasteiger partial charge on any atom is 0.306 e. The summed E-state index contributed by atoms with van der Waals surface area (Å²) < 4.78 is 17.5. The first-order chi connectivity index (χ1) is 33.2. The van der Waals surface area contributed by atoms with E-state index < -0.39 is 67.4 Å². The van der Waals surface area contributed by atoms with Crippen LogP contribution in [-0.4, -0.2) is 99.6 Å². The molecule has 1 amide bonds. The highest BCUT2D eigenvalue weighted by atomic mass is 16.7. The minimum atomic E-state index is -1.61. The summed E-state index contributed by atoms with van der Waals surface area (Å²) in [5, 5.41) is 56.7. The van der Waals surface area contributed by atoms with Crippen LogP contribution in [0.25, 0.3) is 0 Å². The topological polar surface area (TPSA) is 175 Å². The molecule has 396 valence electrons. The number of allylic oxidation sites excluding steroid dienone is 7. The minimum Gasteiger partial charge on any atom is -0.454 e. The van der Waals surface area contributed by atoms with Crippen LogP contribution in [0.3, 0.4) is 0 Å². The fraction of sp³-hybridized carbons (Fsp3) is 0.825. The Bertz CT molecular complexity index is 1290. The summed E-state index contributed by atoms with van der Waals surface area (Å²) in [7, 11) is 0. The number of carbonyl (C=O) groups is 2. The van der Waals surface area contributed by atoms with E-state index in [4.69, 9.17) is 14.2 Å². The van der Waals surface area contributed by atoms with Gasteiger partial charge in [-0.1, -0.05) is 236 Å². The number of carbonyl (C=O) groups excluding carboxylic acids is 2. The Kier molecular flexibility index (Phi) is 42.8. The van der Waals surface area contributed by atoms with E-state index in [1.165, 1.54) is 122 Å². The second kappa shape index (κ2) is 45.7. The maximum absolute atomic E-state index is 13.3. The number of aliphatic hydroxyl groups is 5. The zero-order valence-electron chi connectivity index (χ0n) is 43.5. The Morgan fingerprint density at radius 2 is 1.06 bits per heavy atom. The smallest absolute Gasteiger partial charge is 0.306 e. The summed E-state index contributed by atoms with van der Waals surface area (Å²) in [6.07, 6.45) is 43.0. The molecule has 1 fully saturated rings. The molecule has 0 radical (unpaired) electrons. The number of hydrogen-bond acceptors (Lipinski definition) is 10. The van der Waals surface area contributed by atoms with E-state index in [9.17, 15) is 35.1 Å². The third-order valence-corrected chi connectivity index (χ3v) is 13.1. The first-order valence-corrected chi connectivity index (χ1v) is 27.9. The van der Waals surface area contributed by atoms with Gasteiger partial charge in [-0.15, -0.1) is 0 Å². The van der Waals surface area contributed by atoms with Crippen molar-refractivity contribution in [3.05, 3.63) is 48.6 Å². The van der Waals surface area contributed by atoms with Crippen molar-refractivity contribution in [1.29, 1.82) is 0 Å². The van der Waals surface area contributed by atoms with E-state index in [-0.39, 0.29) is 19.4 Å². The third kappa shape index (κ3) is 34.0. The molecule has 1 saturated heterocycles. The number of ether oxygens (including phenoxy) is 3. The van der Waals surface area contributed by atoms with Crippen LogP contribution in [0.5, 0.6) is 0 Å². The first kappa shape index (κ1) is 63.6. The van der Waals surface area contributed by atoms with E-state index in [0.29, 0.717) is 12.8 Å². The molecule has 11 heteroatoms. The summed E-state index contributed by atoms with van der Waals surface area (Å²) in [4.78, 5) is 26.4. The molecule has 8 atom stereocenters. The van der Waals surface area contributed by atoms with Gasteiger partial charge in [0, 0.05) is 6.42 Å². The molecule has 0 aromatic heterocycles. The van der Waals surface area contributed by atoms with Crippen molar-refractivity contribution >= 4 is 11.9 Å². The van der Waals surface area contributed by atoms with Gasteiger partial charge in [0.15, 0.2) is 12.4 Å². The monoisotopic (exact) mass is 962 g/mol. The molecule has 0 aliphatic carbocycles. The number of aliphatic hydroxyl groups excluding tert-OH is 5. The average molecular weight is 962 g/mol. The van der Waals surface area contributed by atoms with E-state index >= 15 is 0 Å². The number of esters is 1. The number of amides is 1. The van der Waals surface area contributed by atoms with Crippen LogP contribution in [0, 0.1) is 0 Å². The highest BCUT2D eigenvalue weighted by molar-refractivity contribution is 5.80. The Morgan fingerprint density at radius 3 is 1.57 bits per heavy atom. The summed E-state index contributed by atoms with van der Waals surface area (Å²) in [5.41, 5.74) is 0. The van der Waals surface area contributed by atoms with Crippen LogP contribution in [0.15, 0.2) is 48.6 Å². The fourth-order valence-electron chi connectivity index (χ4n) is 8.59. The molecule has 1 heterocycles. The SMILES string of the molecule is CC/C=C/C=C/C=C\CCCCCCC(O)C(=O)NC(COC1OC(CO)C(O)C(O)C1OC(=O)CCCCCCCCCCCCCCCC)C(O)/C=C/CCCCCCCCCCCCC. The lowest BCUT2D eigenvalue weighted by Crippen LogP contribution is -2.61. The van der Waals surface area contributed by atoms with E-state index in [1.807, 2.05) is 30.4 Å². The molecule has 0 aromatic rings. The number of hydrogen-bond donors (Lipinski definition) is 6. The van der Waals surface area contributed by atoms with Crippen LogP contribution < -0.4 is 5.32 Å². The van der Waals surface area contributed by atoms with Gasteiger partial charge >= 0.3 is 5.97 Å². The quantitative estimate of drug-likeness (QED) is 0.0149. The lowest BCUT2D eigenvalue weighted by atomic mass is 9.99. The lowest BCUT2D eigenvalue weighted by molar-refractivity contribution is -0.305. The van der Waals surface area contributed by atoms with Crippen LogP contribution in [-0.2, 0) is 23.8 Å². The molecular weight excluding hydrogens is 859 g/mol. The molecule has 1 aliphatic rings. The van der Waals surface area contributed by atoms with Crippen LogP contribution in [0.4, 0.5) is 0 Å². The van der Waals surface area contributed by atoms with E-state index in [2.05, 4.69) is 38.2 Å². The maximum atomic E-state index is 13.3. The average Bonchev–Trinajstić information content (AvgIpc) is 3.33. The summed E-state index contributed by atoms with van der Waals surface area (Å²) in [6, 6.07) is -1.03. The summed E-state index contributed by atoms with van der Waals surface area (Å²) in [6.45, 7) is 5.63. The van der Waals surface area contributed by atoms with Crippen molar-refractivity contribution in [3.8, 4) is 0 Å². The number of rotatable bonds is 46. The van der Waals surface area contributed by atoms with Gasteiger partial charge in [0.25, 0.3) is 0 Å². The Morgan fingerprint density at radius 1 is 0.588 bits per heavy atom. The van der Waals surface area contributed by atoms with Gasteiger partial charge in [0.05, 0.1) is 25.4 Å². The van der Waals surface area contributed by atoms with E-state index in [1.54, 1.807) is 6.08 Å². The van der Waals surface area contributed by atoms with Gasteiger partial charge in [-0.05, 0) is 44.9 Å². The second-order valence-electron chi connectivity index (χ2n) is 19.4. The summed E-state index contributed by atoms with van der Waals surface area (Å²) in [5.74, 6) is -1.21. The molecule has 0 bridgehead atoms. The van der Waals surface area contributed by atoms with Crippen molar-refractivity contribution in [3.63, 3.8) is 0 Å². The molecule has 6 N–H and O–H groups in total. The van der Waals surface area contributed by atoms with Crippen molar-refractivity contribution < 1.29 is 49.3 Å². The van der Waals surface area contributed by atoms with Crippen LogP contribution >= 0.6 is 0 Å². The van der Waals surface area contributed by atoms with Crippen molar-refractivity contribution in [2.75, 3.05) is 13.2 Å². The zero-order valence-corrected chi connectivity index (χ0v) is 43.5. The Labute approximate surface area is 415 Å². The normalized spacial score (nSPS) is 20.3. The van der Waals surface area contributed by atoms with Crippen LogP contribution in [0.2, 0.25) is 0 Å². The molecule has 0 spiro atoms. The largest absolute Gasteiger partial charge is 0.454 e. The first-order valence-electron chi connectivity index (χ1n) is 27.9. The third-order valence-electron chi connectivity index (χ3n) is 13.1. The predicted molar refractivity (Wildman–Crippen MR) is 278 cm³/mol. The van der Waals surface area contributed by atoms with Gasteiger partial charge in [0.1, 0.15) is 24.4 Å². The lowest BCUT2D eigenvalue weighted by Gasteiger charge is -2.41. The van der Waals surface area contributed by atoms with Crippen molar-refractivity contribution in [2.45, 2.75) is 288 Å². The molecule has 68 heavy (non-hydrogen) atoms. The van der Waals surface area contributed by atoms with Gasteiger partial charge in [0.2, 0.25) is 5.91 Å². The molecule has 8 unspecified atom stereocenters. The number of nitrogens with one attached hydrogen (secondary N) is 1. The Hall–Kier alpha value is -2.38. The molecule has 1 rings (SSSR count). The Balaban J connectivity index is 2.77. The van der Waals surface area contributed by atoms with Gasteiger partial charge in [-0.2, -0.15) is 0 Å². The fourth-order valence-corrected chi connectivity index (χ4v) is 8.59. The standard InChI is InChI=1S/C57H103NO10/c1-4-7-10-13-16-19-22-25-27-30-33-36-39-42-45-52(62)68-55-54(64)53(63)51(46-59)67-57(55)66-47-48(49(60)43-40-37-34-31-29-26-23-20-17-14-11-8-5-2)58-56(65)50(61)44-41-38-35-32-28-24-21-18-15-12-9-6-3/h9,12,15,18,21,24,40,43,48-51,53-55,57,59-61,63-64H,4-8,10-11,13-14,16-17,19-20,22-23,25-39,41-42,44-47H2,1-3H3,(H,58,65)/b12-9+,18-15+,24-21-,43-40+. The molecule has 11 nitrogen and oxygen atoms in total. The second-order valence-corrected chi connectivity index (χ2v) is 19.4. The molecular formula is C57H103NO10. The van der Waals surface area contributed by atoms with E-state index in [0.717, 1.165) is 70.6 Å². The highest BCUT2D eigenvalue weighted by Crippen LogP contribution is 2.26.